The summed E-state index contributed by atoms with van der Waals surface area (Å²) in [5.74, 6) is -0.328. The number of phenols is 2. The van der Waals surface area contributed by atoms with Crippen LogP contribution in [0.15, 0.2) is 140 Å². The molecule has 9 unspecified atom stereocenters. The molecule has 4 aromatic rings. The largest absolute Gasteiger partial charge is 0.756 e. The quantitative estimate of drug-likeness (QED) is 0.0119. The SMILES string of the molecule is CCCCCCSSCCCCCCOP(=O)([O-])OCCOP(=O)([O-])OCC(CCCCNC(=O)c1cccc(-c2c3ccc(=O)cc-3oc3cc(O)ccc23)c1)COP(=O)([O-])OCCCCCCOP(=O)([O-])OCC(CCCCNC(=O)c1cccc(-c2c3ccc(=O)cc-3oc3cc(O)ccc23)c1)COP(=O)([O-])OCCCOP(=O)([O-])OCCOP(=O)([O-])OCCC(C)C. The molecule has 131 heavy (non-hydrogen) atoms. The van der Waals surface area contributed by atoms with Crippen LogP contribution in [0.1, 0.15) is 170 Å². The number of benzene rings is 6. The molecule has 4 aliphatic rings. The molecule has 2 heterocycles. The predicted octanol–water partition coefficient (Wildman–Crippen LogP) is 14.6. The molecule has 0 fully saturated rings. The van der Waals surface area contributed by atoms with Crippen LogP contribution in [-0.2, 0) is 95.3 Å². The van der Waals surface area contributed by atoms with Gasteiger partial charge in [-0.25, -0.2) is 0 Å². The average Bonchev–Trinajstić information content (AvgIpc) is 0.758. The van der Waals surface area contributed by atoms with Crippen LogP contribution < -0.4 is 55.7 Å². The van der Waals surface area contributed by atoms with E-state index >= 15 is 0 Å². The minimum atomic E-state index is -5.21. The molecule has 8 rings (SSSR count). The molecule has 0 saturated carbocycles. The number of phosphoric acid groups is 7. The third-order valence-electron chi connectivity index (χ3n) is 19.7. The fourth-order valence-electron chi connectivity index (χ4n) is 13.0. The van der Waals surface area contributed by atoms with E-state index in [9.17, 15) is 95.6 Å². The van der Waals surface area contributed by atoms with Crippen molar-refractivity contribution in [3.05, 3.63) is 153 Å². The molecule has 0 aromatic heterocycles. The Morgan fingerprint density at radius 2 is 0.702 bits per heavy atom. The number of unbranched alkanes of at least 4 members (excludes halogenated alkanes) is 11. The van der Waals surface area contributed by atoms with Crippen LogP contribution >= 0.6 is 76.3 Å². The molecule has 4 aromatic carbocycles. The second-order valence-electron chi connectivity index (χ2n) is 30.7. The number of aromatic hydroxyl groups is 2. The number of hydrogen-bond acceptors (Lipinski definition) is 38. The van der Waals surface area contributed by atoms with Gasteiger partial charge in [0.25, 0.3) is 66.6 Å². The first-order valence-corrected chi connectivity index (χ1v) is 55.7. The third-order valence-corrected chi connectivity index (χ3v) is 29.1. The lowest BCUT2D eigenvalue weighted by Gasteiger charge is -2.28. The summed E-state index contributed by atoms with van der Waals surface area (Å²) in [5, 5.41) is 27.3. The van der Waals surface area contributed by atoms with Crippen molar-refractivity contribution in [1.82, 2.24) is 10.6 Å². The van der Waals surface area contributed by atoms with Gasteiger partial charge < -0.3 is 127 Å². The van der Waals surface area contributed by atoms with E-state index in [0.29, 0.717) is 62.6 Å². The molecule has 2 amide bonds. The van der Waals surface area contributed by atoms with Crippen LogP contribution in [0.25, 0.3) is 66.8 Å². The van der Waals surface area contributed by atoms with Crippen molar-refractivity contribution in [2.45, 2.75) is 149 Å². The van der Waals surface area contributed by atoms with Gasteiger partial charge in [0.2, 0.25) is 0 Å². The van der Waals surface area contributed by atoms with E-state index in [0.717, 1.165) is 30.8 Å². The van der Waals surface area contributed by atoms with E-state index in [1.54, 1.807) is 72.8 Å². The summed E-state index contributed by atoms with van der Waals surface area (Å²) in [6.07, 6.45) is 9.76. The number of phenolic OH excluding ortho intramolecular Hbond substituents is 2. The lowest BCUT2D eigenvalue weighted by atomic mass is 9.92. The molecular formula is C84H112N2O36P7S2-7. The number of nitrogens with one attached hydrogen (secondary N) is 2. The lowest BCUT2D eigenvalue weighted by Crippen LogP contribution is -2.25. The van der Waals surface area contributed by atoms with E-state index in [2.05, 4.69) is 31.1 Å². The second kappa shape index (κ2) is 56.2. The Morgan fingerprint density at radius 1 is 0.366 bits per heavy atom. The fraction of sp³-hybridized carbons (Fsp3) is 0.524. The van der Waals surface area contributed by atoms with Gasteiger partial charge in [0.05, 0.1) is 92.5 Å². The van der Waals surface area contributed by atoms with Crippen molar-refractivity contribution < 1.29 is 158 Å². The molecule has 0 bridgehead atoms. The highest BCUT2D eigenvalue weighted by molar-refractivity contribution is 8.76. The van der Waals surface area contributed by atoms with Gasteiger partial charge in [0.1, 0.15) is 34.2 Å². The maximum atomic E-state index is 13.7. The molecule has 2 aliphatic carbocycles. The van der Waals surface area contributed by atoms with Crippen LogP contribution in [0.4, 0.5) is 0 Å². The highest BCUT2D eigenvalue weighted by atomic mass is 33.1. The number of amides is 2. The van der Waals surface area contributed by atoms with Crippen LogP contribution in [0.2, 0.25) is 0 Å². The fourth-order valence-corrected chi connectivity index (χ4v) is 20.7. The molecule has 4 N–H and O–H groups in total. The Morgan fingerprint density at radius 3 is 1.07 bits per heavy atom. The van der Waals surface area contributed by atoms with Gasteiger partial charge in [0, 0.05) is 105 Å². The van der Waals surface area contributed by atoms with Gasteiger partial charge in [-0.1, -0.05) is 124 Å². The standard InChI is InChI=1S/C84H119N2O36P7S2/c1-4-5-6-18-50-130-131-51-19-10-9-17-40-107-123(93,94)113-48-49-116-129(105,106)120-61-64(24-12-14-39-86-84(92)68-28-21-26-66(53-68)82-75-35-31-71(89)56-79(75)122-80-57-72(90)32-36-76(80)82)59-118-127(101,102)109-42-16-8-7-15-41-108-126(99,100)117-58-63(60-119-128(103,104)111-44-22-43-110-124(95,96)114-46-47-115-125(97,98)112-45-37-62(2)3)23-11-13-38-85-83(91)67-27-20-25-65(52-67)81-73-33-29-69(87)54-77(73)121-78-55-70(88)30-34-74(78)81/h20-21,25-36,52-57,62-64,87,89H,4-19,22-24,37-51,58-61H2,1-3H3,(H,85,91)(H,86,92)(H,93,94)(H,95,96)(H,97,98)(H,99,100)(H,101,102)(H,103,104)(H,105,106)/p-7. The Kier molecular flexibility index (Phi) is 47.5. The Balaban J connectivity index is 0.789. The first-order chi connectivity index (χ1) is 62.4. The summed E-state index contributed by atoms with van der Waals surface area (Å²) in [4.78, 5) is 141. The third kappa shape index (κ3) is 42.0. The molecule has 9 atom stereocenters. The topological polar surface area (TPSA) is 569 Å². The summed E-state index contributed by atoms with van der Waals surface area (Å²) in [6.45, 7) is -2.18. The molecule has 38 nitrogen and oxygen atoms in total. The van der Waals surface area contributed by atoms with E-state index < -0.39 is 158 Å². The van der Waals surface area contributed by atoms with E-state index in [1.807, 2.05) is 35.4 Å². The molecule has 0 spiro atoms. The highest BCUT2D eigenvalue weighted by Gasteiger charge is 2.26. The van der Waals surface area contributed by atoms with Crippen molar-refractivity contribution in [1.29, 1.82) is 0 Å². The number of carbonyl (C=O) groups excluding carboxylic acids is 2. The minimum Gasteiger partial charge on any atom is -0.756 e. The van der Waals surface area contributed by atoms with Gasteiger partial charge in [-0.15, -0.1) is 0 Å². The number of phosphoric ester groups is 7. The minimum absolute atomic E-state index is 0.0413. The van der Waals surface area contributed by atoms with Crippen molar-refractivity contribution in [2.75, 3.05) is 117 Å². The number of hydrogen-bond donors (Lipinski definition) is 4. The van der Waals surface area contributed by atoms with Crippen molar-refractivity contribution >= 4 is 110 Å². The number of carbonyl (C=O) groups is 2. The summed E-state index contributed by atoms with van der Waals surface area (Å²) in [5.41, 5.74) is 4.09. The number of fused-ring (bicyclic) bond motifs is 4. The van der Waals surface area contributed by atoms with Gasteiger partial charge in [-0.3, -0.25) is 51.1 Å². The highest BCUT2D eigenvalue weighted by Crippen LogP contribution is 2.49. The zero-order valence-electron chi connectivity index (χ0n) is 72.9. The monoisotopic (exact) mass is 2010 g/mol. The van der Waals surface area contributed by atoms with Gasteiger partial charge in [-0.2, -0.15) is 0 Å². The molecule has 0 radical (unpaired) electrons. The molecule has 47 heteroatoms. The number of rotatable bonds is 69. The molecule has 2 aliphatic heterocycles. The van der Waals surface area contributed by atoms with Gasteiger partial charge in [-0.05, 0) is 160 Å². The molecule has 0 saturated heterocycles. The first-order valence-electron chi connectivity index (χ1n) is 43.0. The molecular weight excluding hydrogens is 1890 g/mol. The second-order valence-corrected chi connectivity index (χ2v) is 43.3. The van der Waals surface area contributed by atoms with Gasteiger partial charge >= 0.3 is 0 Å². The van der Waals surface area contributed by atoms with Crippen LogP contribution in [0.3, 0.4) is 0 Å². The Bertz CT molecular complexity index is 5320. The summed E-state index contributed by atoms with van der Waals surface area (Å²) in [7, 11) is -31.6. The predicted molar refractivity (Wildman–Crippen MR) is 478 cm³/mol. The maximum Gasteiger partial charge on any atom is 0.267 e. The Hall–Kier alpha value is -5.73. The normalized spacial score (nSPS) is 15.7. The smallest absolute Gasteiger partial charge is 0.267 e. The van der Waals surface area contributed by atoms with Crippen LogP contribution in [0, 0.1) is 17.8 Å². The maximum absolute atomic E-state index is 13.7. The van der Waals surface area contributed by atoms with Crippen molar-refractivity contribution in [3.63, 3.8) is 0 Å². The van der Waals surface area contributed by atoms with E-state index in [-0.39, 0.29) is 153 Å². The zero-order chi connectivity index (χ0) is 94.9. The lowest BCUT2D eigenvalue weighted by molar-refractivity contribution is -0.234. The van der Waals surface area contributed by atoms with E-state index in [4.69, 9.17) is 58.6 Å². The summed E-state index contributed by atoms with van der Waals surface area (Å²) >= 11 is 0. The average molecular weight is 2010 g/mol. The first kappa shape index (κ1) is 111. The summed E-state index contributed by atoms with van der Waals surface area (Å²) < 4.78 is 170. The van der Waals surface area contributed by atoms with Crippen molar-refractivity contribution in [3.8, 4) is 56.4 Å². The van der Waals surface area contributed by atoms with Crippen LogP contribution in [-0.4, -0.2) is 139 Å². The Labute approximate surface area is 767 Å². The van der Waals surface area contributed by atoms with Crippen molar-refractivity contribution in [2.24, 2.45) is 17.8 Å². The summed E-state index contributed by atoms with van der Waals surface area (Å²) in [6, 6.07) is 31.0. The zero-order valence-corrected chi connectivity index (χ0v) is 80.8. The van der Waals surface area contributed by atoms with E-state index in [1.165, 1.54) is 74.2 Å². The van der Waals surface area contributed by atoms with Crippen LogP contribution in [0.5, 0.6) is 11.5 Å². The molecule has 728 valence electrons. The van der Waals surface area contributed by atoms with Gasteiger partial charge in [0.15, 0.2) is 10.9 Å².